The predicted molar refractivity (Wildman–Crippen MR) is 191 cm³/mol. The summed E-state index contributed by atoms with van der Waals surface area (Å²) in [6.45, 7) is 1.58. The summed E-state index contributed by atoms with van der Waals surface area (Å²) >= 11 is 1.67. The van der Waals surface area contributed by atoms with Crippen LogP contribution in [0.1, 0.15) is 53.1 Å². The maximum absolute atomic E-state index is 12.8. The molecule has 0 bridgehead atoms. The Morgan fingerprint density at radius 3 is 1.98 bits per heavy atom. The first-order chi connectivity index (χ1) is 23.8. The number of aliphatic hydroxyl groups excluding tert-OH is 1. The van der Waals surface area contributed by atoms with Crippen LogP contribution in [0.2, 0.25) is 0 Å². The number of sulfonamides is 1. The number of aliphatic hydroxyl groups is 1. The standard InChI is InChI=1S/C39H38N2O6S2/c1-27(43)41-33-20-22-34(23-21-33)48-26-36-37(30-8-4-2-5-9-30)38(31-16-14-29(25-42)15-17-31)47-39(46-36)32-18-12-28(13-19-32)24-40-49(44,45)35-10-6-3-7-11-35/h2-23,36-40,42H,24-26H2,1H3,(H,41,43). The number of ether oxygens (including phenoxy) is 2. The highest BCUT2D eigenvalue weighted by Gasteiger charge is 2.41. The van der Waals surface area contributed by atoms with Crippen LogP contribution in [0.5, 0.6) is 0 Å². The van der Waals surface area contributed by atoms with Crippen molar-refractivity contribution < 1.29 is 27.8 Å². The van der Waals surface area contributed by atoms with Gasteiger partial charge < -0.3 is 19.9 Å². The molecule has 1 amide bonds. The highest BCUT2D eigenvalue weighted by atomic mass is 32.2. The lowest BCUT2D eigenvalue weighted by Crippen LogP contribution is -2.38. The molecule has 10 heteroatoms. The smallest absolute Gasteiger partial charge is 0.240 e. The van der Waals surface area contributed by atoms with Crippen LogP contribution in [-0.4, -0.2) is 31.3 Å². The molecule has 0 aliphatic carbocycles. The van der Waals surface area contributed by atoms with E-state index in [-0.39, 0.29) is 42.1 Å². The van der Waals surface area contributed by atoms with Gasteiger partial charge in [0.1, 0.15) is 0 Å². The van der Waals surface area contributed by atoms with Crippen LogP contribution in [0.3, 0.4) is 0 Å². The van der Waals surface area contributed by atoms with Crippen LogP contribution in [0.4, 0.5) is 5.69 Å². The lowest BCUT2D eigenvalue weighted by atomic mass is 9.84. The fourth-order valence-electron chi connectivity index (χ4n) is 5.82. The van der Waals surface area contributed by atoms with Gasteiger partial charge in [0, 0.05) is 41.3 Å². The zero-order valence-corrected chi connectivity index (χ0v) is 28.6. The summed E-state index contributed by atoms with van der Waals surface area (Å²) in [7, 11) is -3.64. The number of hydrogen-bond acceptors (Lipinski definition) is 7. The van der Waals surface area contributed by atoms with Gasteiger partial charge >= 0.3 is 0 Å². The average molecular weight is 695 g/mol. The monoisotopic (exact) mass is 694 g/mol. The molecule has 252 valence electrons. The molecule has 8 nitrogen and oxygen atoms in total. The minimum absolute atomic E-state index is 0.0481. The van der Waals surface area contributed by atoms with E-state index in [4.69, 9.17) is 9.47 Å². The van der Waals surface area contributed by atoms with Crippen molar-refractivity contribution in [3.8, 4) is 0 Å². The van der Waals surface area contributed by atoms with Gasteiger partial charge in [-0.25, -0.2) is 13.1 Å². The van der Waals surface area contributed by atoms with Gasteiger partial charge in [-0.1, -0.05) is 97.1 Å². The maximum atomic E-state index is 12.8. The van der Waals surface area contributed by atoms with Crippen LogP contribution in [-0.2, 0) is 37.4 Å². The Morgan fingerprint density at radius 2 is 1.35 bits per heavy atom. The van der Waals surface area contributed by atoms with E-state index in [0.717, 1.165) is 38.4 Å². The molecule has 0 aromatic heterocycles. The second-order valence-electron chi connectivity index (χ2n) is 11.8. The van der Waals surface area contributed by atoms with E-state index < -0.39 is 16.3 Å². The molecule has 1 aliphatic rings. The molecule has 49 heavy (non-hydrogen) atoms. The highest BCUT2D eigenvalue weighted by molar-refractivity contribution is 7.99. The molecule has 1 heterocycles. The molecule has 1 fully saturated rings. The van der Waals surface area contributed by atoms with E-state index in [1.807, 2.05) is 91.0 Å². The topological polar surface area (TPSA) is 114 Å². The second kappa shape index (κ2) is 15.9. The summed E-state index contributed by atoms with van der Waals surface area (Å²) in [5.41, 5.74) is 5.23. The van der Waals surface area contributed by atoms with Crippen LogP contribution >= 0.6 is 11.8 Å². The van der Waals surface area contributed by atoms with Gasteiger partial charge in [0.15, 0.2) is 6.29 Å². The van der Waals surface area contributed by atoms with Crippen molar-refractivity contribution in [2.45, 2.75) is 54.3 Å². The van der Waals surface area contributed by atoms with Crippen LogP contribution < -0.4 is 10.0 Å². The Morgan fingerprint density at radius 1 is 0.735 bits per heavy atom. The van der Waals surface area contributed by atoms with Crippen molar-refractivity contribution in [2.24, 2.45) is 0 Å². The summed E-state index contributed by atoms with van der Waals surface area (Å²) in [6, 6.07) is 41.7. The molecule has 0 spiro atoms. The molecule has 0 radical (unpaired) electrons. The first kappa shape index (κ1) is 34.6. The Balaban J connectivity index is 1.27. The first-order valence-electron chi connectivity index (χ1n) is 16.0. The van der Waals surface area contributed by atoms with E-state index >= 15 is 0 Å². The average Bonchev–Trinajstić information content (AvgIpc) is 3.14. The van der Waals surface area contributed by atoms with Gasteiger partial charge in [-0.2, -0.15) is 0 Å². The van der Waals surface area contributed by atoms with Crippen molar-refractivity contribution in [3.05, 3.63) is 161 Å². The molecule has 5 aromatic rings. The lowest BCUT2D eigenvalue weighted by Gasteiger charge is -2.43. The third kappa shape index (κ3) is 8.85. The molecule has 4 unspecified atom stereocenters. The molecule has 1 saturated heterocycles. The highest BCUT2D eigenvalue weighted by Crippen LogP contribution is 2.48. The molecule has 6 rings (SSSR count). The van der Waals surface area contributed by atoms with Crippen molar-refractivity contribution in [3.63, 3.8) is 0 Å². The third-order valence-corrected chi connectivity index (χ3v) is 10.8. The maximum Gasteiger partial charge on any atom is 0.240 e. The molecular weight excluding hydrogens is 657 g/mol. The van der Waals surface area contributed by atoms with Gasteiger partial charge in [0.05, 0.1) is 23.7 Å². The van der Waals surface area contributed by atoms with E-state index in [1.54, 1.807) is 42.1 Å². The lowest BCUT2D eigenvalue weighted by molar-refractivity contribution is -0.255. The number of benzene rings is 5. The van der Waals surface area contributed by atoms with Crippen LogP contribution in [0.25, 0.3) is 0 Å². The van der Waals surface area contributed by atoms with E-state index in [2.05, 4.69) is 22.2 Å². The van der Waals surface area contributed by atoms with Gasteiger partial charge in [-0.05, 0) is 58.7 Å². The number of carbonyl (C=O) groups excluding carboxylic acids is 1. The zero-order valence-electron chi connectivity index (χ0n) is 26.9. The van der Waals surface area contributed by atoms with Gasteiger partial charge in [-0.3, -0.25) is 4.79 Å². The summed E-state index contributed by atoms with van der Waals surface area (Å²) < 4.78 is 41.8. The third-order valence-electron chi connectivity index (χ3n) is 8.33. The second-order valence-corrected chi connectivity index (χ2v) is 14.7. The summed E-state index contributed by atoms with van der Waals surface area (Å²) in [6.07, 6.45) is -1.31. The number of carbonyl (C=O) groups is 1. The molecule has 1 aliphatic heterocycles. The largest absolute Gasteiger partial charge is 0.392 e. The summed E-state index contributed by atoms with van der Waals surface area (Å²) in [5, 5.41) is 12.5. The zero-order chi connectivity index (χ0) is 34.2. The quantitative estimate of drug-likeness (QED) is 0.117. The fourth-order valence-corrected chi connectivity index (χ4v) is 7.83. The van der Waals surface area contributed by atoms with Crippen LogP contribution in [0.15, 0.2) is 143 Å². The molecule has 5 aromatic carbocycles. The molecular formula is C39H38N2O6S2. The van der Waals surface area contributed by atoms with Gasteiger partial charge in [-0.15, -0.1) is 11.8 Å². The van der Waals surface area contributed by atoms with E-state index in [9.17, 15) is 18.3 Å². The van der Waals surface area contributed by atoms with Crippen LogP contribution in [0, 0.1) is 0 Å². The van der Waals surface area contributed by atoms with Crippen molar-refractivity contribution >= 4 is 33.4 Å². The Bertz CT molecular complexity index is 1920. The minimum Gasteiger partial charge on any atom is -0.392 e. The van der Waals surface area contributed by atoms with Crippen molar-refractivity contribution in [1.82, 2.24) is 4.72 Å². The summed E-state index contributed by atoms with van der Waals surface area (Å²) in [5.74, 6) is 0.367. The predicted octanol–water partition coefficient (Wildman–Crippen LogP) is 7.35. The Kier molecular flexibility index (Phi) is 11.3. The summed E-state index contributed by atoms with van der Waals surface area (Å²) in [4.78, 5) is 12.7. The fraction of sp³-hybridized carbons (Fsp3) is 0.205. The number of thioether (sulfide) groups is 1. The normalized spacial score (nSPS) is 19.3. The number of nitrogens with one attached hydrogen (secondary N) is 2. The molecule has 4 atom stereocenters. The molecule has 0 saturated carbocycles. The number of hydrogen-bond donors (Lipinski definition) is 3. The number of rotatable bonds is 12. The van der Waals surface area contributed by atoms with E-state index in [0.29, 0.717) is 5.75 Å². The SMILES string of the molecule is CC(=O)Nc1ccc(SCC2OC(c3ccc(CNS(=O)(=O)c4ccccc4)cc3)OC(c3ccc(CO)cc3)C2c2ccccc2)cc1. The molecule has 3 N–H and O–H groups in total. The van der Waals surface area contributed by atoms with Gasteiger partial charge in [0.25, 0.3) is 0 Å². The minimum atomic E-state index is -3.64. The number of anilines is 1. The Hall–Kier alpha value is -4.29. The number of amides is 1. The van der Waals surface area contributed by atoms with Crippen molar-refractivity contribution in [1.29, 1.82) is 0 Å². The van der Waals surface area contributed by atoms with Gasteiger partial charge in [0.2, 0.25) is 15.9 Å². The Labute approximate surface area is 291 Å². The van der Waals surface area contributed by atoms with Crippen molar-refractivity contribution in [2.75, 3.05) is 11.1 Å². The van der Waals surface area contributed by atoms with E-state index in [1.165, 1.54) is 6.92 Å². The first-order valence-corrected chi connectivity index (χ1v) is 18.5.